The topological polar surface area (TPSA) is 3.24 Å². The van der Waals surface area contributed by atoms with Crippen molar-refractivity contribution in [3.8, 4) is 33.4 Å². The Kier molecular flexibility index (Phi) is 8.49. The van der Waals surface area contributed by atoms with Crippen LogP contribution in [0.5, 0.6) is 0 Å². The maximum Gasteiger partial charge on any atom is 0.0775 e. The number of hydrogen-bond donors (Lipinski definition) is 0. The maximum absolute atomic E-state index is 2.45. The zero-order valence-corrected chi connectivity index (χ0v) is 32.1. The van der Waals surface area contributed by atoms with Gasteiger partial charge in [0.25, 0.3) is 0 Å². The van der Waals surface area contributed by atoms with Crippen LogP contribution in [0.4, 0.5) is 17.1 Å². The van der Waals surface area contributed by atoms with E-state index in [2.05, 4.69) is 231 Å². The van der Waals surface area contributed by atoms with Crippen molar-refractivity contribution in [1.82, 2.24) is 0 Å². The molecular weight excluding hydrogens is 667 g/mol. The van der Waals surface area contributed by atoms with Gasteiger partial charge in [-0.1, -0.05) is 201 Å². The van der Waals surface area contributed by atoms with Gasteiger partial charge >= 0.3 is 0 Å². The highest BCUT2D eigenvalue weighted by Crippen LogP contribution is 2.59. The van der Waals surface area contributed by atoms with Crippen LogP contribution in [0.3, 0.4) is 0 Å². The zero-order valence-electron chi connectivity index (χ0n) is 31.1. The smallest absolute Gasteiger partial charge is 0.0775 e. The maximum atomic E-state index is 2.45. The van der Waals surface area contributed by atoms with E-state index in [9.17, 15) is 0 Å². The van der Waals surface area contributed by atoms with E-state index < -0.39 is 13.5 Å². The van der Waals surface area contributed by atoms with Crippen molar-refractivity contribution >= 4 is 30.3 Å². The molecule has 9 rings (SSSR count). The highest BCUT2D eigenvalue weighted by atomic mass is 28.3. The van der Waals surface area contributed by atoms with Crippen molar-refractivity contribution in [3.63, 3.8) is 0 Å². The van der Waals surface area contributed by atoms with Crippen LogP contribution in [0.1, 0.15) is 22.3 Å². The Morgan fingerprint density at radius 2 is 0.815 bits per heavy atom. The molecule has 260 valence electrons. The second kappa shape index (κ2) is 13.6. The lowest BCUT2D eigenvalue weighted by Crippen LogP contribution is -2.38. The van der Waals surface area contributed by atoms with Crippen LogP contribution in [0.15, 0.2) is 206 Å². The van der Waals surface area contributed by atoms with Crippen LogP contribution >= 0.6 is 0 Å². The van der Waals surface area contributed by atoms with E-state index in [-0.39, 0.29) is 0 Å². The lowest BCUT2D eigenvalue weighted by Gasteiger charge is -2.35. The van der Waals surface area contributed by atoms with Crippen LogP contribution in [0, 0.1) is 0 Å². The first-order valence-electron chi connectivity index (χ1n) is 18.9. The molecule has 2 heteroatoms. The molecule has 0 aliphatic heterocycles. The van der Waals surface area contributed by atoms with Gasteiger partial charge in [0.1, 0.15) is 0 Å². The van der Waals surface area contributed by atoms with Crippen LogP contribution < -0.4 is 10.1 Å². The number of fused-ring (bicyclic) bond motifs is 3. The molecule has 0 aromatic heterocycles. The quantitative estimate of drug-likeness (QED) is 0.142. The molecule has 0 saturated carbocycles. The predicted molar refractivity (Wildman–Crippen MR) is 232 cm³/mol. The summed E-state index contributed by atoms with van der Waals surface area (Å²) in [6, 6.07) is 76.1. The van der Waals surface area contributed by atoms with Gasteiger partial charge in [-0.3, -0.25) is 0 Å². The minimum Gasteiger partial charge on any atom is -0.310 e. The molecule has 0 saturated heterocycles. The molecule has 0 bridgehead atoms. The van der Waals surface area contributed by atoms with Crippen molar-refractivity contribution in [3.05, 3.63) is 229 Å². The standard InChI is InChI=1S/C52H43NSi/c1-54(2,3)46-36-30-43(31-37-46)52(42-20-11-6-12-21-42)48-23-14-13-22-47(48)51-49(52)24-15-25-50(51)53(44-32-26-40(27-33-44)38-16-7-4-8-17-38)45-34-28-41(29-35-45)39-18-9-5-10-19-39/h4-37H,1-3H3. The van der Waals surface area contributed by atoms with E-state index >= 15 is 0 Å². The Morgan fingerprint density at radius 3 is 1.35 bits per heavy atom. The molecule has 1 nitrogen and oxygen atoms in total. The number of anilines is 3. The normalized spacial score (nSPS) is 14.6. The van der Waals surface area contributed by atoms with E-state index in [0.29, 0.717) is 0 Å². The number of nitrogens with zero attached hydrogens (tertiary/aromatic N) is 1. The minimum absolute atomic E-state index is 0.485. The predicted octanol–water partition coefficient (Wildman–Crippen LogP) is 13.4. The van der Waals surface area contributed by atoms with Gasteiger partial charge in [-0.2, -0.15) is 0 Å². The first kappa shape index (κ1) is 33.6. The molecule has 0 heterocycles. The summed E-state index contributed by atoms with van der Waals surface area (Å²) in [5.74, 6) is 0. The zero-order chi connectivity index (χ0) is 36.7. The monoisotopic (exact) mass is 709 g/mol. The lowest BCUT2D eigenvalue weighted by atomic mass is 9.67. The van der Waals surface area contributed by atoms with E-state index in [1.807, 2.05) is 0 Å². The van der Waals surface area contributed by atoms with Gasteiger partial charge in [0.2, 0.25) is 0 Å². The van der Waals surface area contributed by atoms with Gasteiger partial charge < -0.3 is 4.90 Å². The van der Waals surface area contributed by atoms with Crippen LogP contribution in [-0.2, 0) is 5.41 Å². The SMILES string of the molecule is C[Si](C)(C)c1ccc(C2(c3ccccc3)c3ccccc3-c3c(N(c4ccc(-c5ccccc5)cc4)c4ccc(-c5ccccc5)cc4)cccc32)cc1. The molecular formula is C52H43NSi. The molecule has 0 N–H and O–H groups in total. The van der Waals surface area contributed by atoms with E-state index in [1.165, 1.54) is 60.8 Å². The molecule has 1 aliphatic rings. The average molecular weight is 710 g/mol. The fraction of sp³-hybridized carbons (Fsp3) is 0.0769. The Balaban J connectivity index is 1.29. The van der Waals surface area contributed by atoms with Gasteiger partial charge in [0.15, 0.2) is 0 Å². The molecule has 1 aliphatic carbocycles. The molecule has 8 aromatic rings. The molecule has 0 radical (unpaired) electrons. The highest BCUT2D eigenvalue weighted by molar-refractivity contribution is 6.88. The third-order valence-corrected chi connectivity index (χ3v) is 13.2. The fourth-order valence-electron chi connectivity index (χ4n) is 8.49. The summed E-state index contributed by atoms with van der Waals surface area (Å²) in [5.41, 5.74) is 15.5. The Labute approximate surface area is 320 Å². The minimum atomic E-state index is -1.50. The summed E-state index contributed by atoms with van der Waals surface area (Å²) < 4.78 is 0. The second-order valence-corrected chi connectivity index (χ2v) is 20.4. The van der Waals surface area contributed by atoms with Crippen molar-refractivity contribution in [2.45, 2.75) is 25.1 Å². The third kappa shape index (κ3) is 5.71. The highest BCUT2D eigenvalue weighted by Gasteiger charge is 2.47. The first-order chi connectivity index (χ1) is 26.4. The van der Waals surface area contributed by atoms with Gasteiger partial charge in [-0.25, -0.2) is 0 Å². The van der Waals surface area contributed by atoms with Crippen LogP contribution in [-0.4, -0.2) is 8.07 Å². The average Bonchev–Trinajstić information content (AvgIpc) is 3.54. The van der Waals surface area contributed by atoms with Crippen molar-refractivity contribution in [2.75, 3.05) is 4.90 Å². The second-order valence-electron chi connectivity index (χ2n) is 15.3. The number of rotatable bonds is 8. The summed E-state index contributed by atoms with van der Waals surface area (Å²) >= 11 is 0. The summed E-state index contributed by atoms with van der Waals surface area (Å²) in [4.78, 5) is 2.45. The largest absolute Gasteiger partial charge is 0.310 e. The van der Waals surface area contributed by atoms with Gasteiger partial charge in [-0.05, 0) is 80.4 Å². The van der Waals surface area contributed by atoms with Crippen molar-refractivity contribution in [2.24, 2.45) is 0 Å². The summed E-state index contributed by atoms with van der Waals surface area (Å²) in [7, 11) is -1.50. The van der Waals surface area contributed by atoms with Crippen LogP contribution in [0.25, 0.3) is 33.4 Å². The Hall–Kier alpha value is -6.22. The van der Waals surface area contributed by atoms with Gasteiger partial charge in [0, 0.05) is 16.9 Å². The molecule has 1 atom stereocenters. The molecule has 1 unspecified atom stereocenters. The molecule has 0 amide bonds. The Bertz CT molecular complexity index is 2450. The van der Waals surface area contributed by atoms with E-state index in [4.69, 9.17) is 0 Å². The third-order valence-electron chi connectivity index (χ3n) is 11.1. The molecule has 0 fully saturated rings. The van der Waals surface area contributed by atoms with Crippen molar-refractivity contribution < 1.29 is 0 Å². The molecule has 54 heavy (non-hydrogen) atoms. The first-order valence-corrected chi connectivity index (χ1v) is 22.4. The summed E-state index contributed by atoms with van der Waals surface area (Å²) in [6.07, 6.45) is 0. The fourth-order valence-corrected chi connectivity index (χ4v) is 9.65. The van der Waals surface area contributed by atoms with Gasteiger partial charge in [-0.15, -0.1) is 0 Å². The summed E-state index contributed by atoms with van der Waals surface area (Å²) in [5, 5.41) is 1.47. The molecule has 0 spiro atoms. The summed E-state index contributed by atoms with van der Waals surface area (Å²) in [6.45, 7) is 7.28. The van der Waals surface area contributed by atoms with Crippen molar-refractivity contribution in [1.29, 1.82) is 0 Å². The van der Waals surface area contributed by atoms with E-state index in [1.54, 1.807) is 0 Å². The lowest BCUT2D eigenvalue weighted by molar-refractivity contribution is 0.769. The Morgan fingerprint density at radius 1 is 0.370 bits per heavy atom. The van der Waals surface area contributed by atoms with E-state index in [0.717, 1.165) is 17.1 Å². The van der Waals surface area contributed by atoms with Crippen LogP contribution in [0.2, 0.25) is 19.6 Å². The van der Waals surface area contributed by atoms with Gasteiger partial charge in [0.05, 0.1) is 19.2 Å². The number of hydrogen-bond acceptors (Lipinski definition) is 1. The number of benzene rings is 8. The molecule has 8 aromatic carbocycles.